The van der Waals surface area contributed by atoms with Gasteiger partial charge in [-0.05, 0) is 59.1 Å². The van der Waals surface area contributed by atoms with Crippen LogP contribution >= 0.6 is 23.4 Å². The number of aromatic hydroxyl groups is 1. The highest BCUT2D eigenvalue weighted by atomic mass is 35.5. The van der Waals surface area contributed by atoms with Crippen LogP contribution in [0.1, 0.15) is 22.3 Å². The van der Waals surface area contributed by atoms with E-state index in [2.05, 4.69) is 0 Å². The van der Waals surface area contributed by atoms with Crippen molar-refractivity contribution in [1.82, 2.24) is 4.90 Å². The molecule has 0 saturated carbocycles. The van der Waals surface area contributed by atoms with Crippen LogP contribution in [0.25, 0.3) is 6.08 Å². The summed E-state index contributed by atoms with van der Waals surface area (Å²) in [4.78, 5) is 26.7. The molecule has 6 heteroatoms. The van der Waals surface area contributed by atoms with E-state index in [4.69, 9.17) is 11.6 Å². The lowest BCUT2D eigenvalue weighted by molar-refractivity contribution is -0.123. The normalized spacial score (nSPS) is 15.2. The van der Waals surface area contributed by atoms with Gasteiger partial charge in [0.15, 0.2) is 0 Å². The van der Waals surface area contributed by atoms with Crippen LogP contribution in [-0.2, 0) is 17.8 Å². The zero-order chi connectivity index (χ0) is 21.1. The average Bonchev–Trinajstić information content (AvgIpc) is 3.00. The van der Waals surface area contributed by atoms with E-state index in [1.54, 1.807) is 12.1 Å². The zero-order valence-corrected chi connectivity index (χ0v) is 17.5. The molecule has 30 heavy (non-hydrogen) atoms. The summed E-state index contributed by atoms with van der Waals surface area (Å²) in [5.74, 6) is -0.308. The first kappa shape index (κ1) is 20.3. The van der Waals surface area contributed by atoms with Gasteiger partial charge in [0.05, 0.1) is 11.4 Å². The number of phenolic OH excluding ortho intramolecular Hbond substituents is 1. The summed E-state index contributed by atoms with van der Waals surface area (Å²) in [6, 6.07) is 22.2. The summed E-state index contributed by atoms with van der Waals surface area (Å²) in [6.07, 6.45) is 2.16. The van der Waals surface area contributed by atoms with Gasteiger partial charge < -0.3 is 5.11 Å². The fraction of sp³-hybridized carbons (Fsp3) is 0.0833. The average molecular weight is 436 g/mol. The van der Waals surface area contributed by atoms with Crippen molar-refractivity contribution in [3.05, 3.63) is 105 Å². The number of imide groups is 1. The minimum atomic E-state index is -0.357. The van der Waals surface area contributed by atoms with Crippen molar-refractivity contribution < 1.29 is 14.7 Å². The second-order valence-electron chi connectivity index (χ2n) is 6.91. The van der Waals surface area contributed by atoms with Crippen molar-refractivity contribution in [3.8, 4) is 5.75 Å². The van der Waals surface area contributed by atoms with E-state index in [0.29, 0.717) is 21.9 Å². The molecule has 4 rings (SSSR count). The molecule has 1 saturated heterocycles. The number of amides is 2. The Bertz CT molecular complexity index is 1140. The van der Waals surface area contributed by atoms with Crippen LogP contribution in [0.15, 0.2) is 77.7 Å². The Hall–Kier alpha value is -3.02. The third kappa shape index (κ3) is 4.42. The lowest BCUT2D eigenvalue weighted by Gasteiger charge is -2.12. The predicted molar refractivity (Wildman–Crippen MR) is 120 cm³/mol. The molecule has 1 heterocycles. The van der Waals surface area contributed by atoms with Crippen molar-refractivity contribution in [2.45, 2.75) is 13.0 Å². The molecular weight excluding hydrogens is 418 g/mol. The minimum Gasteiger partial charge on any atom is -0.507 e. The molecule has 0 aliphatic carbocycles. The van der Waals surface area contributed by atoms with E-state index >= 15 is 0 Å². The van der Waals surface area contributed by atoms with Gasteiger partial charge in [-0.3, -0.25) is 14.5 Å². The molecule has 3 aromatic carbocycles. The maximum absolute atomic E-state index is 12.8. The molecule has 1 fully saturated rings. The van der Waals surface area contributed by atoms with Crippen LogP contribution in [0.2, 0.25) is 5.02 Å². The van der Waals surface area contributed by atoms with Gasteiger partial charge in [0.25, 0.3) is 11.1 Å². The highest BCUT2D eigenvalue weighted by molar-refractivity contribution is 8.18. The number of halogens is 1. The molecule has 0 atom stereocenters. The predicted octanol–water partition coefficient (Wildman–Crippen LogP) is 5.87. The first-order valence-electron chi connectivity index (χ1n) is 9.36. The highest BCUT2D eigenvalue weighted by Crippen LogP contribution is 2.35. The fourth-order valence-electron chi connectivity index (χ4n) is 3.23. The van der Waals surface area contributed by atoms with Crippen molar-refractivity contribution in [3.63, 3.8) is 0 Å². The van der Waals surface area contributed by atoms with Crippen molar-refractivity contribution >= 4 is 40.6 Å². The zero-order valence-electron chi connectivity index (χ0n) is 15.9. The monoisotopic (exact) mass is 435 g/mol. The molecule has 0 aromatic heterocycles. The molecular formula is C24H18ClNO3S. The Kier molecular flexibility index (Phi) is 5.93. The molecule has 0 spiro atoms. The topological polar surface area (TPSA) is 57.6 Å². The summed E-state index contributed by atoms with van der Waals surface area (Å²) in [5, 5.41) is 10.6. The van der Waals surface area contributed by atoms with Gasteiger partial charge in [-0.2, -0.15) is 0 Å². The molecule has 1 N–H and O–H groups in total. The van der Waals surface area contributed by atoms with Crippen molar-refractivity contribution in [2.75, 3.05) is 0 Å². The number of phenols is 1. The summed E-state index contributed by atoms with van der Waals surface area (Å²) < 4.78 is 0. The number of rotatable bonds is 5. The van der Waals surface area contributed by atoms with Gasteiger partial charge in [0.1, 0.15) is 5.75 Å². The third-order valence-electron chi connectivity index (χ3n) is 4.79. The van der Waals surface area contributed by atoms with E-state index in [9.17, 15) is 14.7 Å². The molecule has 0 radical (unpaired) electrons. The van der Waals surface area contributed by atoms with Gasteiger partial charge in [-0.15, -0.1) is 0 Å². The van der Waals surface area contributed by atoms with Gasteiger partial charge in [-0.1, -0.05) is 66.2 Å². The summed E-state index contributed by atoms with van der Waals surface area (Å²) in [6.45, 7) is 0.224. The number of hydrogen-bond acceptors (Lipinski definition) is 4. The van der Waals surface area contributed by atoms with Gasteiger partial charge >= 0.3 is 0 Å². The summed E-state index contributed by atoms with van der Waals surface area (Å²) in [5.41, 5.74) is 3.28. The molecule has 3 aromatic rings. The summed E-state index contributed by atoms with van der Waals surface area (Å²) in [7, 11) is 0. The molecule has 150 valence electrons. The first-order chi connectivity index (χ1) is 14.5. The number of carbonyl (C=O) groups excluding carboxylic acids is 2. The lowest BCUT2D eigenvalue weighted by atomic mass is 10.0. The van der Waals surface area contributed by atoms with Crippen LogP contribution in [0.3, 0.4) is 0 Å². The van der Waals surface area contributed by atoms with Crippen LogP contribution < -0.4 is 0 Å². The second-order valence-corrected chi connectivity index (χ2v) is 8.32. The number of thioether (sulfide) groups is 1. The van der Waals surface area contributed by atoms with E-state index in [1.807, 2.05) is 66.7 Å². The number of carbonyl (C=O) groups is 2. The number of nitrogens with zero attached hydrogens (tertiary/aromatic N) is 1. The van der Waals surface area contributed by atoms with E-state index < -0.39 is 0 Å². The molecule has 4 nitrogen and oxygen atoms in total. The Labute approximate surface area is 183 Å². The minimum absolute atomic E-state index is 0.0489. The fourth-order valence-corrected chi connectivity index (χ4v) is 4.27. The van der Waals surface area contributed by atoms with Gasteiger partial charge in [0, 0.05) is 10.6 Å². The van der Waals surface area contributed by atoms with E-state index in [1.165, 1.54) is 4.90 Å². The lowest BCUT2D eigenvalue weighted by Crippen LogP contribution is -2.27. The molecule has 1 aliphatic heterocycles. The van der Waals surface area contributed by atoms with E-state index in [0.717, 1.165) is 28.5 Å². The Balaban J connectivity index is 1.57. The summed E-state index contributed by atoms with van der Waals surface area (Å²) >= 11 is 7.13. The van der Waals surface area contributed by atoms with Crippen LogP contribution in [0, 0.1) is 0 Å². The van der Waals surface area contributed by atoms with Crippen LogP contribution in [-0.4, -0.2) is 21.2 Å². The smallest absolute Gasteiger partial charge is 0.293 e. The second kappa shape index (κ2) is 8.78. The molecule has 2 amide bonds. The van der Waals surface area contributed by atoms with Crippen LogP contribution in [0.4, 0.5) is 4.79 Å². The standard InChI is InChI=1S/C24H18ClNO3S/c25-20-9-5-4-8-18(20)12-17-10-11-21(27)19(13-17)14-22-23(28)26(24(29)30-22)15-16-6-2-1-3-7-16/h1-11,13-14,27H,12,15H2/b22-14-. The maximum Gasteiger partial charge on any atom is 0.293 e. The molecule has 1 aliphatic rings. The van der Waals surface area contributed by atoms with Crippen molar-refractivity contribution in [2.24, 2.45) is 0 Å². The van der Waals surface area contributed by atoms with E-state index in [-0.39, 0.29) is 23.4 Å². The molecule has 0 unspecified atom stereocenters. The van der Waals surface area contributed by atoms with Gasteiger partial charge in [-0.25, -0.2) is 0 Å². The Morgan fingerprint density at radius 3 is 2.43 bits per heavy atom. The number of benzene rings is 3. The Morgan fingerprint density at radius 2 is 1.67 bits per heavy atom. The first-order valence-corrected chi connectivity index (χ1v) is 10.6. The maximum atomic E-state index is 12.8. The molecule has 0 bridgehead atoms. The quantitative estimate of drug-likeness (QED) is 0.509. The number of hydrogen-bond donors (Lipinski definition) is 1. The largest absolute Gasteiger partial charge is 0.507 e. The van der Waals surface area contributed by atoms with Gasteiger partial charge in [0.2, 0.25) is 0 Å². The Morgan fingerprint density at radius 1 is 0.933 bits per heavy atom. The van der Waals surface area contributed by atoms with Crippen molar-refractivity contribution in [1.29, 1.82) is 0 Å². The highest BCUT2D eigenvalue weighted by Gasteiger charge is 2.35. The SMILES string of the molecule is O=C1S/C(=C\c2cc(Cc3ccccc3Cl)ccc2O)C(=O)N1Cc1ccccc1. The van der Waals surface area contributed by atoms with Crippen LogP contribution in [0.5, 0.6) is 5.75 Å². The third-order valence-corrected chi connectivity index (χ3v) is 6.06.